The molecule has 2 aromatic carbocycles. The molecule has 1 aromatic heterocycles. The van der Waals surface area contributed by atoms with Crippen LogP contribution in [0.5, 0.6) is 0 Å². The maximum atomic E-state index is 13.6. The van der Waals surface area contributed by atoms with Crippen LogP contribution < -0.4 is 10.0 Å². The summed E-state index contributed by atoms with van der Waals surface area (Å²) in [4.78, 5) is 43.3. The van der Waals surface area contributed by atoms with Crippen LogP contribution in [0.1, 0.15) is 46.7 Å². The number of benzene rings is 2. The van der Waals surface area contributed by atoms with Crippen LogP contribution in [0.15, 0.2) is 59.5 Å². The first-order valence-electron chi connectivity index (χ1n) is 13.3. The highest BCUT2D eigenvalue weighted by molar-refractivity contribution is 7.89. The maximum absolute atomic E-state index is 13.6. The Kier molecular flexibility index (Phi) is 7.63. The second kappa shape index (κ2) is 10.9. The summed E-state index contributed by atoms with van der Waals surface area (Å²) in [7, 11) is -4.06. The van der Waals surface area contributed by atoms with Gasteiger partial charge < -0.3 is 15.1 Å². The third-order valence-corrected chi connectivity index (χ3v) is 10.4. The number of nitriles is 1. The number of likely N-dealkylation sites (tertiary alicyclic amines) is 2. The van der Waals surface area contributed by atoms with Gasteiger partial charge in [0.15, 0.2) is 0 Å². The first-order valence-corrected chi connectivity index (χ1v) is 15.6. The first-order chi connectivity index (χ1) is 19.4. The van der Waals surface area contributed by atoms with Gasteiger partial charge in [-0.05, 0) is 48.9 Å². The third kappa shape index (κ3) is 5.32. The van der Waals surface area contributed by atoms with E-state index in [0.717, 1.165) is 10.1 Å². The highest BCUT2D eigenvalue weighted by Crippen LogP contribution is 2.44. The Morgan fingerprint density at radius 2 is 1.88 bits per heavy atom. The van der Waals surface area contributed by atoms with Gasteiger partial charge in [0.05, 0.1) is 33.5 Å². The van der Waals surface area contributed by atoms with E-state index in [1.54, 1.807) is 15.9 Å². The molecule has 3 heterocycles. The van der Waals surface area contributed by atoms with Gasteiger partial charge in [-0.15, -0.1) is 11.3 Å². The highest BCUT2D eigenvalue weighted by atomic mass is 32.2. The molecule has 0 bridgehead atoms. The Hall–Kier alpha value is -3.79. The predicted molar refractivity (Wildman–Crippen MR) is 161 cm³/mol. The summed E-state index contributed by atoms with van der Waals surface area (Å²) < 4.78 is 28.7. The molecule has 2 fully saturated rings. The van der Waals surface area contributed by atoms with Crippen molar-refractivity contribution in [3.63, 3.8) is 0 Å². The molecule has 2 unspecified atom stereocenters. The number of sulfonamides is 1. The average molecular weight is 600 g/mol. The lowest BCUT2D eigenvalue weighted by Gasteiger charge is -2.69. The number of hydrogen-bond acceptors (Lipinski definition) is 7. The summed E-state index contributed by atoms with van der Waals surface area (Å²) in [6.45, 7) is 5.99. The van der Waals surface area contributed by atoms with Crippen molar-refractivity contribution < 1.29 is 27.1 Å². The van der Waals surface area contributed by atoms with Crippen molar-refractivity contribution in [3.05, 3.63) is 65.0 Å². The van der Waals surface area contributed by atoms with Crippen LogP contribution in [0.4, 0.5) is 0 Å². The van der Waals surface area contributed by atoms with Gasteiger partial charge in [-0.3, -0.25) is 14.4 Å². The molecule has 0 spiro atoms. The summed E-state index contributed by atoms with van der Waals surface area (Å²) in [6.07, 6.45) is 0.474. The molecule has 3 amide bonds. The van der Waals surface area contributed by atoms with E-state index in [4.69, 9.17) is 0 Å². The number of amides is 3. The summed E-state index contributed by atoms with van der Waals surface area (Å²) in [6, 6.07) is 16.2. The number of nitrogens with zero attached hydrogens (tertiary/aromatic N) is 3. The zero-order valence-corrected chi connectivity index (χ0v) is 24.6. The fourth-order valence-electron chi connectivity index (χ4n) is 5.55. The number of carbonyl (C=O) groups is 3. The number of nitrogens with one attached hydrogen (secondary N) is 2. The van der Waals surface area contributed by atoms with Crippen molar-refractivity contribution in [2.24, 2.45) is 5.92 Å². The van der Waals surface area contributed by atoms with E-state index in [1.807, 2.05) is 57.2 Å². The molecule has 2 aliphatic rings. The van der Waals surface area contributed by atoms with Crippen molar-refractivity contribution in [3.8, 4) is 6.07 Å². The Labute approximate surface area is 247 Å². The fraction of sp³-hybridized carbons (Fsp3) is 0.379. The van der Waals surface area contributed by atoms with Crippen LogP contribution >= 0.6 is 11.3 Å². The molecule has 12 heteroatoms. The minimum atomic E-state index is -4.06. The van der Waals surface area contributed by atoms with Crippen molar-refractivity contribution in [2.45, 2.75) is 49.7 Å². The Balaban J connectivity index is 0.00000225. The standard InChI is InChI=1S/C29H31N5O5S2.3H2/c1-18(2)12-21(32-27(36)23-13-19-8-4-6-10-22(19)40-23)28(37)34-16-25-29(34,3)17-33(25)26(35)15-31-41(38,39)24-11-7-5-9-20(24)14-30;;;/h4-11,13,18,21,25,31H,12,15-17H2,1-3H3,(H,32,36);3*1H/t21?,25-,29?;;;/m1.../s1. The number of rotatable bonds is 9. The van der Waals surface area contributed by atoms with E-state index < -0.39 is 34.1 Å². The number of carbonyl (C=O) groups excluding carboxylic acids is 3. The molecule has 220 valence electrons. The van der Waals surface area contributed by atoms with Crippen LogP contribution in [-0.2, 0) is 19.6 Å². The van der Waals surface area contributed by atoms with E-state index in [-0.39, 0.29) is 45.1 Å². The average Bonchev–Trinajstić information content (AvgIpc) is 3.39. The third-order valence-electron chi connectivity index (χ3n) is 7.81. The summed E-state index contributed by atoms with van der Waals surface area (Å²) >= 11 is 1.38. The lowest BCUT2D eigenvalue weighted by molar-refractivity contribution is -0.205. The summed E-state index contributed by atoms with van der Waals surface area (Å²) in [5, 5.41) is 13.1. The van der Waals surface area contributed by atoms with Crippen LogP contribution in [0, 0.1) is 17.2 Å². The largest absolute Gasteiger partial charge is 0.340 e. The van der Waals surface area contributed by atoms with E-state index in [0.29, 0.717) is 17.8 Å². The quantitative estimate of drug-likeness (QED) is 0.386. The molecular formula is C29H37N5O5S2. The van der Waals surface area contributed by atoms with E-state index in [9.17, 15) is 28.1 Å². The molecule has 2 aliphatic heterocycles. The molecule has 3 aromatic rings. The van der Waals surface area contributed by atoms with Gasteiger partial charge in [0.25, 0.3) is 5.91 Å². The normalized spacial score (nSPS) is 20.5. The minimum Gasteiger partial charge on any atom is -0.340 e. The van der Waals surface area contributed by atoms with Gasteiger partial charge in [-0.2, -0.15) is 5.26 Å². The lowest BCUT2D eigenvalue weighted by atomic mass is 9.71. The lowest BCUT2D eigenvalue weighted by Crippen LogP contribution is -2.88. The Bertz CT molecular complexity index is 1660. The summed E-state index contributed by atoms with van der Waals surface area (Å²) in [5.41, 5.74) is -0.594. The second-order valence-electron chi connectivity index (χ2n) is 11.1. The van der Waals surface area contributed by atoms with Gasteiger partial charge in [-0.25, -0.2) is 13.1 Å². The summed E-state index contributed by atoms with van der Waals surface area (Å²) in [5.74, 6) is -0.722. The number of piperazine rings is 1. The van der Waals surface area contributed by atoms with Crippen molar-refractivity contribution in [2.75, 3.05) is 19.6 Å². The van der Waals surface area contributed by atoms with Gasteiger partial charge in [0.1, 0.15) is 12.1 Å². The minimum absolute atomic E-state index is 0. The first kappa shape index (κ1) is 28.7. The molecule has 0 radical (unpaired) electrons. The van der Waals surface area contributed by atoms with Crippen LogP contribution in [0.2, 0.25) is 0 Å². The second-order valence-corrected chi connectivity index (χ2v) is 13.9. The molecular weight excluding hydrogens is 562 g/mol. The van der Waals surface area contributed by atoms with Gasteiger partial charge in [-0.1, -0.05) is 44.2 Å². The smallest absolute Gasteiger partial charge is 0.262 e. The molecule has 41 heavy (non-hydrogen) atoms. The van der Waals surface area contributed by atoms with Crippen molar-refractivity contribution in [1.82, 2.24) is 19.8 Å². The van der Waals surface area contributed by atoms with Crippen molar-refractivity contribution >= 4 is 49.2 Å². The fourth-order valence-corrected chi connectivity index (χ4v) is 7.65. The predicted octanol–water partition coefficient (Wildman–Crippen LogP) is 3.45. The zero-order valence-electron chi connectivity index (χ0n) is 23.0. The number of hydrogen-bond donors (Lipinski definition) is 2. The van der Waals surface area contributed by atoms with Crippen LogP contribution in [0.3, 0.4) is 0 Å². The van der Waals surface area contributed by atoms with Crippen LogP contribution in [0.25, 0.3) is 10.1 Å². The topological polar surface area (TPSA) is 140 Å². The molecule has 0 saturated carbocycles. The Morgan fingerprint density at radius 1 is 1.17 bits per heavy atom. The molecule has 3 atom stereocenters. The van der Waals surface area contributed by atoms with Gasteiger partial charge >= 0.3 is 0 Å². The molecule has 0 aliphatic carbocycles. The van der Waals surface area contributed by atoms with E-state index >= 15 is 0 Å². The Morgan fingerprint density at radius 3 is 2.54 bits per heavy atom. The maximum Gasteiger partial charge on any atom is 0.262 e. The molecule has 5 rings (SSSR count). The van der Waals surface area contributed by atoms with Gasteiger partial charge in [0.2, 0.25) is 21.8 Å². The monoisotopic (exact) mass is 599 g/mol. The zero-order chi connectivity index (χ0) is 29.5. The molecule has 10 nitrogen and oxygen atoms in total. The number of fused-ring (bicyclic) bond motifs is 2. The molecule has 2 N–H and O–H groups in total. The van der Waals surface area contributed by atoms with Gasteiger partial charge in [0, 0.05) is 22.1 Å². The molecule has 2 saturated heterocycles. The van der Waals surface area contributed by atoms with E-state index in [2.05, 4.69) is 10.0 Å². The van der Waals surface area contributed by atoms with E-state index in [1.165, 1.54) is 29.5 Å². The van der Waals surface area contributed by atoms with Crippen LogP contribution in [-0.4, -0.2) is 73.2 Å². The van der Waals surface area contributed by atoms with Crippen molar-refractivity contribution in [1.29, 1.82) is 5.26 Å². The highest BCUT2D eigenvalue weighted by Gasteiger charge is 2.64. The SMILES string of the molecule is CC(C)CC(NC(=O)c1cc2ccccc2s1)C(=O)N1C[C@H]2N(C(=O)CNS(=O)(=O)c3ccccc3C#N)CC21C.[HH].[HH].[HH]. The number of thiophene rings is 1.